The molecule has 1 heterocycles. The van der Waals surface area contributed by atoms with Gasteiger partial charge in [-0.15, -0.1) is 0 Å². The molecule has 0 amide bonds. The number of nitrogens with zero attached hydrogens (tertiary/aromatic N) is 2. The summed E-state index contributed by atoms with van der Waals surface area (Å²) in [4.78, 5) is 34.5. The minimum atomic E-state index is -4.11. The molecule has 0 radical (unpaired) electrons. The summed E-state index contributed by atoms with van der Waals surface area (Å²) >= 11 is 0. The molecular weight excluding hydrogens is 326 g/mol. The van der Waals surface area contributed by atoms with Crippen molar-refractivity contribution in [2.45, 2.75) is 17.9 Å². The van der Waals surface area contributed by atoms with Crippen molar-refractivity contribution in [1.82, 2.24) is 13.9 Å². The Morgan fingerprint density at radius 1 is 1.22 bits per heavy atom. The molecule has 0 aliphatic rings. The Morgan fingerprint density at radius 3 is 2.39 bits per heavy atom. The van der Waals surface area contributed by atoms with Crippen molar-refractivity contribution < 1.29 is 18.3 Å². The van der Waals surface area contributed by atoms with Crippen LogP contribution in [-0.2, 0) is 28.9 Å². The third kappa shape index (κ3) is 2.90. The highest BCUT2D eigenvalue weighted by Gasteiger charge is 2.22. The summed E-state index contributed by atoms with van der Waals surface area (Å²) in [6.07, 6.45) is 0. The summed E-state index contributed by atoms with van der Waals surface area (Å²) in [6, 6.07) is 2.34. The van der Waals surface area contributed by atoms with Crippen LogP contribution in [0.2, 0.25) is 0 Å². The van der Waals surface area contributed by atoms with Gasteiger partial charge in [-0.1, -0.05) is 0 Å². The maximum absolute atomic E-state index is 12.2. The molecular formula is C13H15N3O6S. The van der Waals surface area contributed by atoms with E-state index in [0.717, 1.165) is 10.6 Å². The first kappa shape index (κ1) is 16.9. The van der Waals surface area contributed by atoms with E-state index in [1.54, 1.807) is 0 Å². The minimum Gasteiger partial charge on any atom is -0.480 e. The van der Waals surface area contributed by atoms with Crippen molar-refractivity contribution in [3.8, 4) is 0 Å². The maximum atomic E-state index is 12.2. The standard InChI is InChI=1S/C13H15N3O6S/c1-7(12(18)19)14-23(21,22)8-4-5-10-9(6-8)11(17)16(3)13(20)15(10)2/h4-7,14H,1-3H3,(H,18,19). The summed E-state index contributed by atoms with van der Waals surface area (Å²) in [5.74, 6) is -1.33. The fourth-order valence-corrected chi connectivity index (χ4v) is 3.32. The van der Waals surface area contributed by atoms with E-state index in [2.05, 4.69) is 0 Å². The first-order valence-corrected chi connectivity index (χ1v) is 7.99. The molecule has 0 spiro atoms. The van der Waals surface area contributed by atoms with Gasteiger partial charge < -0.3 is 5.11 Å². The number of fused-ring (bicyclic) bond motifs is 1. The number of carboxylic acid groups (broad SMARTS) is 1. The molecule has 1 aromatic carbocycles. The molecule has 9 nitrogen and oxygen atoms in total. The van der Waals surface area contributed by atoms with Crippen LogP contribution in [0.3, 0.4) is 0 Å². The number of carboxylic acids is 1. The second kappa shape index (κ2) is 5.63. The largest absolute Gasteiger partial charge is 0.480 e. The summed E-state index contributed by atoms with van der Waals surface area (Å²) < 4.78 is 28.5. The van der Waals surface area contributed by atoms with E-state index in [1.165, 1.54) is 37.7 Å². The smallest absolute Gasteiger partial charge is 0.330 e. The van der Waals surface area contributed by atoms with Gasteiger partial charge in [-0.3, -0.25) is 18.7 Å². The Bertz CT molecular complexity index is 1020. The zero-order valence-corrected chi connectivity index (χ0v) is 13.4. The molecule has 1 unspecified atom stereocenters. The van der Waals surface area contributed by atoms with Gasteiger partial charge in [0.2, 0.25) is 10.0 Å². The van der Waals surface area contributed by atoms with Gasteiger partial charge in [0.25, 0.3) is 5.56 Å². The number of aryl methyl sites for hydroxylation is 1. The Kier molecular flexibility index (Phi) is 4.14. The molecule has 0 saturated heterocycles. The zero-order valence-electron chi connectivity index (χ0n) is 12.6. The molecule has 0 bridgehead atoms. The fraction of sp³-hybridized carbons (Fsp3) is 0.308. The van der Waals surface area contributed by atoms with E-state index in [0.29, 0.717) is 0 Å². The first-order valence-electron chi connectivity index (χ1n) is 6.51. The van der Waals surface area contributed by atoms with Crippen LogP contribution >= 0.6 is 0 Å². The lowest BCUT2D eigenvalue weighted by Gasteiger charge is -2.12. The van der Waals surface area contributed by atoms with Crippen LogP contribution in [0.5, 0.6) is 0 Å². The van der Waals surface area contributed by atoms with Crippen molar-refractivity contribution in [2.24, 2.45) is 14.1 Å². The molecule has 0 aliphatic carbocycles. The quantitative estimate of drug-likeness (QED) is 0.733. The molecule has 2 N–H and O–H groups in total. The molecule has 124 valence electrons. The van der Waals surface area contributed by atoms with E-state index in [-0.39, 0.29) is 15.8 Å². The number of hydrogen-bond donors (Lipinski definition) is 2. The zero-order chi connectivity index (χ0) is 17.5. The minimum absolute atomic E-state index is 0.0421. The number of carbonyl (C=O) groups is 1. The van der Waals surface area contributed by atoms with Crippen LogP contribution in [0.25, 0.3) is 10.9 Å². The Hall–Kier alpha value is -2.46. The molecule has 10 heteroatoms. The number of aliphatic carboxylic acids is 1. The van der Waals surface area contributed by atoms with Crippen molar-refractivity contribution in [2.75, 3.05) is 0 Å². The summed E-state index contributed by atoms with van der Waals surface area (Å²) in [7, 11) is -1.37. The number of hydrogen-bond acceptors (Lipinski definition) is 5. The molecule has 1 aromatic heterocycles. The molecule has 0 fully saturated rings. The number of rotatable bonds is 4. The Balaban J connectivity index is 2.68. The van der Waals surface area contributed by atoms with Crippen molar-refractivity contribution in [3.05, 3.63) is 39.0 Å². The second-order valence-corrected chi connectivity index (χ2v) is 6.78. The summed E-state index contributed by atoms with van der Waals surface area (Å²) in [6.45, 7) is 1.18. The number of aromatic nitrogens is 2. The lowest BCUT2D eigenvalue weighted by atomic mass is 10.2. The molecule has 0 saturated carbocycles. The molecule has 1 atom stereocenters. The lowest BCUT2D eigenvalue weighted by Crippen LogP contribution is -2.39. The van der Waals surface area contributed by atoms with Crippen molar-refractivity contribution in [1.29, 1.82) is 0 Å². The molecule has 2 rings (SSSR count). The fourth-order valence-electron chi connectivity index (χ4n) is 2.09. The second-order valence-electron chi connectivity index (χ2n) is 5.07. The van der Waals surface area contributed by atoms with E-state index in [4.69, 9.17) is 5.11 Å². The highest BCUT2D eigenvalue weighted by molar-refractivity contribution is 7.89. The van der Waals surface area contributed by atoms with Gasteiger partial charge in [0.15, 0.2) is 0 Å². The van der Waals surface area contributed by atoms with Crippen LogP contribution in [0.4, 0.5) is 0 Å². The van der Waals surface area contributed by atoms with Gasteiger partial charge in [0.1, 0.15) is 6.04 Å². The Morgan fingerprint density at radius 2 is 1.83 bits per heavy atom. The van der Waals surface area contributed by atoms with Crippen LogP contribution in [-0.4, -0.2) is 34.7 Å². The van der Waals surface area contributed by atoms with Crippen molar-refractivity contribution >= 4 is 26.9 Å². The molecule has 2 aromatic rings. The summed E-state index contributed by atoms with van der Waals surface area (Å²) in [5.41, 5.74) is -0.884. The normalized spacial score (nSPS) is 13.2. The lowest BCUT2D eigenvalue weighted by molar-refractivity contribution is -0.138. The number of sulfonamides is 1. The maximum Gasteiger partial charge on any atom is 0.330 e. The van der Waals surface area contributed by atoms with Gasteiger partial charge >= 0.3 is 11.7 Å². The number of benzene rings is 1. The average Bonchev–Trinajstić information content (AvgIpc) is 2.49. The van der Waals surface area contributed by atoms with Crippen LogP contribution in [0.15, 0.2) is 32.7 Å². The van der Waals surface area contributed by atoms with E-state index < -0.39 is 33.3 Å². The third-order valence-corrected chi connectivity index (χ3v) is 4.99. The van der Waals surface area contributed by atoms with E-state index >= 15 is 0 Å². The van der Waals surface area contributed by atoms with E-state index in [1.807, 2.05) is 4.72 Å². The highest BCUT2D eigenvalue weighted by Crippen LogP contribution is 2.15. The van der Waals surface area contributed by atoms with Crippen molar-refractivity contribution in [3.63, 3.8) is 0 Å². The summed E-state index contributed by atoms with van der Waals surface area (Å²) in [5, 5.41) is 8.84. The van der Waals surface area contributed by atoms with Gasteiger partial charge in [0, 0.05) is 14.1 Å². The number of nitrogens with one attached hydrogen (secondary N) is 1. The predicted octanol–water partition coefficient (Wildman–Crippen LogP) is -1.01. The van der Waals surface area contributed by atoms with Gasteiger partial charge in [0.05, 0.1) is 15.8 Å². The van der Waals surface area contributed by atoms with E-state index in [9.17, 15) is 22.8 Å². The van der Waals surface area contributed by atoms with Crippen LogP contribution < -0.4 is 16.0 Å². The average molecular weight is 341 g/mol. The van der Waals surface area contributed by atoms with Crippen LogP contribution in [0.1, 0.15) is 6.92 Å². The first-order chi connectivity index (χ1) is 10.6. The topological polar surface area (TPSA) is 127 Å². The van der Waals surface area contributed by atoms with Gasteiger partial charge in [-0.2, -0.15) is 4.72 Å². The monoisotopic (exact) mass is 341 g/mol. The van der Waals surface area contributed by atoms with Gasteiger partial charge in [-0.25, -0.2) is 13.2 Å². The SMILES string of the molecule is CC(NS(=O)(=O)c1ccc2c(c1)c(=O)n(C)c(=O)n2C)C(=O)O. The predicted molar refractivity (Wildman–Crippen MR) is 81.8 cm³/mol. The Labute approximate surface area is 130 Å². The van der Waals surface area contributed by atoms with Crippen LogP contribution in [0, 0.1) is 0 Å². The van der Waals surface area contributed by atoms with Gasteiger partial charge in [-0.05, 0) is 25.1 Å². The molecule has 23 heavy (non-hydrogen) atoms. The highest BCUT2D eigenvalue weighted by atomic mass is 32.2. The molecule has 0 aliphatic heterocycles. The third-order valence-electron chi connectivity index (χ3n) is 3.45.